The van der Waals surface area contributed by atoms with Crippen molar-refractivity contribution < 1.29 is 28.5 Å². The summed E-state index contributed by atoms with van der Waals surface area (Å²) in [5.41, 5.74) is -0.657. The molecule has 0 bridgehead atoms. The van der Waals surface area contributed by atoms with Gasteiger partial charge in [0, 0.05) is 6.42 Å². The van der Waals surface area contributed by atoms with E-state index in [-0.39, 0.29) is 12.7 Å². The van der Waals surface area contributed by atoms with Gasteiger partial charge in [0.2, 0.25) is 0 Å². The molecule has 7 nitrogen and oxygen atoms in total. The molecule has 1 saturated heterocycles. The van der Waals surface area contributed by atoms with Gasteiger partial charge in [-0.2, -0.15) is 0 Å². The van der Waals surface area contributed by atoms with Gasteiger partial charge >= 0.3 is 12.1 Å². The van der Waals surface area contributed by atoms with Crippen LogP contribution in [0.5, 0.6) is 5.75 Å². The summed E-state index contributed by atoms with van der Waals surface area (Å²) in [6.45, 7) is 7.41. The van der Waals surface area contributed by atoms with E-state index in [1.807, 2.05) is 30.3 Å². The van der Waals surface area contributed by atoms with Crippen LogP contribution in [0.15, 0.2) is 30.3 Å². The predicted molar refractivity (Wildman–Crippen MR) is 95.0 cm³/mol. The summed E-state index contributed by atoms with van der Waals surface area (Å²) in [5.74, 6) is 0.120. The molecule has 0 saturated carbocycles. The molecule has 144 valence electrons. The molecule has 2 rings (SSSR count). The number of ether oxygens (including phenoxy) is 4. The van der Waals surface area contributed by atoms with Crippen LogP contribution in [0, 0.1) is 0 Å². The van der Waals surface area contributed by atoms with E-state index in [1.54, 1.807) is 27.7 Å². The highest BCUT2D eigenvalue weighted by atomic mass is 16.6. The summed E-state index contributed by atoms with van der Waals surface area (Å²) in [7, 11) is 0. The highest BCUT2D eigenvalue weighted by Crippen LogP contribution is 2.18. The number of hydrogen-bond acceptors (Lipinski definition) is 6. The Labute approximate surface area is 153 Å². The molecule has 1 aliphatic rings. The monoisotopic (exact) mass is 365 g/mol. The molecule has 0 radical (unpaired) electrons. The van der Waals surface area contributed by atoms with Crippen LogP contribution >= 0.6 is 0 Å². The molecule has 1 amide bonds. The Morgan fingerprint density at radius 1 is 1.23 bits per heavy atom. The number of carbonyl (C=O) groups excluding carboxylic acids is 2. The fourth-order valence-corrected chi connectivity index (χ4v) is 2.42. The van der Waals surface area contributed by atoms with E-state index in [0.29, 0.717) is 18.8 Å². The summed E-state index contributed by atoms with van der Waals surface area (Å²) in [6, 6.07) is 8.40. The second-order valence-corrected chi connectivity index (χ2v) is 7.17. The molecule has 0 unspecified atom stereocenters. The van der Waals surface area contributed by atoms with Crippen molar-refractivity contribution in [3.8, 4) is 5.75 Å². The Balaban J connectivity index is 1.98. The number of para-hydroxylation sites is 1. The Kier molecular flexibility index (Phi) is 6.85. The maximum atomic E-state index is 12.4. The molecule has 1 aromatic rings. The number of nitrogens with one attached hydrogen (secondary N) is 1. The first-order chi connectivity index (χ1) is 12.2. The quantitative estimate of drug-likeness (QED) is 0.829. The van der Waals surface area contributed by atoms with Crippen LogP contribution in [0.2, 0.25) is 0 Å². The molecular formula is C19H27NO6. The van der Waals surface area contributed by atoms with E-state index in [1.165, 1.54) is 0 Å². The molecule has 1 fully saturated rings. The second kappa shape index (κ2) is 8.89. The van der Waals surface area contributed by atoms with Crippen LogP contribution in [-0.2, 0) is 19.0 Å². The molecular weight excluding hydrogens is 338 g/mol. The molecule has 7 heteroatoms. The van der Waals surface area contributed by atoms with Crippen LogP contribution in [-0.4, -0.2) is 49.1 Å². The zero-order valence-electron chi connectivity index (χ0n) is 15.7. The minimum absolute atomic E-state index is 0.0167. The van der Waals surface area contributed by atoms with Crippen molar-refractivity contribution in [2.75, 3.05) is 13.2 Å². The molecule has 0 aromatic heterocycles. The van der Waals surface area contributed by atoms with Crippen LogP contribution in [0.25, 0.3) is 0 Å². The Morgan fingerprint density at radius 3 is 2.58 bits per heavy atom. The van der Waals surface area contributed by atoms with Gasteiger partial charge < -0.3 is 24.3 Å². The molecule has 1 aromatic carbocycles. The normalized spacial score (nSPS) is 24.5. The lowest BCUT2D eigenvalue weighted by Crippen LogP contribution is -2.47. The van der Waals surface area contributed by atoms with Crippen molar-refractivity contribution in [3.05, 3.63) is 30.3 Å². The van der Waals surface area contributed by atoms with Crippen molar-refractivity contribution in [1.29, 1.82) is 0 Å². The minimum Gasteiger partial charge on any atom is -0.486 e. The van der Waals surface area contributed by atoms with Crippen LogP contribution in [0.3, 0.4) is 0 Å². The van der Waals surface area contributed by atoms with Crippen molar-refractivity contribution in [3.63, 3.8) is 0 Å². The molecule has 3 atom stereocenters. The van der Waals surface area contributed by atoms with E-state index in [4.69, 9.17) is 18.9 Å². The van der Waals surface area contributed by atoms with E-state index in [0.717, 1.165) is 0 Å². The zero-order valence-corrected chi connectivity index (χ0v) is 15.7. The standard InChI is InChI=1S/C19H27NO6/c1-13-16(25-14-8-6-5-7-9-14)10-11-23-12-15(17(21)24-13)20-18(22)26-19(2,3)4/h5-9,13,15-16H,10-12H2,1-4H3,(H,20,22)/t13-,15-,16+/m0/s1. The highest BCUT2D eigenvalue weighted by molar-refractivity contribution is 5.81. The minimum atomic E-state index is -0.928. The molecule has 1 N–H and O–H groups in total. The van der Waals surface area contributed by atoms with E-state index >= 15 is 0 Å². The molecule has 0 aliphatic carbocycles. The number of rotatable bonds is 3. The number of alkyl carbamates (subject to hydrolysis) is 1. The van der Waals surface area contributed by atoms with Gasteiger partial charge in [-0.1, -0.05) is 18.2 Å². The largest absolute Gasteiger partial charge is 0.486 e. The Bertz CT molecular complexity index is 598. The van der Waals surface area contributed by atoms with E-state index in [9.17, 15) is 9.59 Å². The topological polar surface area (TPSA) is 83.1 Å². The SMILES string of the molecule is C[C@@H]1OC(=O)[C@@H](NC(=O)OC(C)(C)C)COCC[C@H]1Oc1ccccc1. The number of esters is 1. The lowest BCUT2D eigenvalue weighted by molar-refractivity contribution is -0.155. The number of benzene rings is 1. The van der Waals surface area contributed by atoms with Crippen molar-refractivity contribution in [2.45, 2.75) is 58.0 Å². The van der Waals surface area contributed by atoms with Gasteiger partial charge in [0.1, 0.15) is 23.6 Å². The Hall–Kier alpha value is -2.28. The summed E-state index contributed by atoms with van der Waals surface area (Å²) < 4.78 is 22.1. The summed E-state index contributed by atoms with van der Waals surface area (Å²) >= 11 is 0. The Morgan fingerprint density at radius 2 is 1.92 bits per heavy atom. The fraction of sp³-hybridized carbons (Fsp3) is 0.579. The maximum Gasteiger partial charge on any atom is 0.408 e. The van der Waals surface area contributed by atoms with Gasteiger partial charge in [0.15, 0.2) is 6.04 Å². The molecule has 26 heavy (non-hydrogen) atoms. The highest BCUT2D eigenvalue weighted by Gasteiger charge is 2.31. The van der Waals surface area contributed by atoms with Gasteiger partial charge in [0.25, 0.3) is 0 Å². The smallest absolute Gasteiger partial charge is 0.408 e. The summed E-state index contributed by atoms with van der Waals surface area (Å²) in [6.07, 6.45) is -0.969. The average Bonchev–Trinajstić information content (AvgIpc) is 2.60. The third kappa shape index (κ3) is 6.55. The van der Waals surface area contributed by atoms with Gasteiger partial charge in [-0.05, 0) is 39.8 Å². The van der Waals surface area contributed by atoms with Gasteiger partial charge in [-0.3, -0.25) is 0 Å². The average molecular weight is 365 g/mol. The fourth-order valence-electron chi connectivity index (χ4n) is 2.42. The third-order valence-corrected chi connectivity index (χ3v) is 3.66. The first-order valence-corrected chi connectivity index (χ1v) is 8.74. The van der Waals surface area contributed by atoms with Crippen molar-refractivity contribution in [2.24, 2.45) is 0 Å². The van der Waals surface area contributed by atoms with Crippen LogP contribution < -0.4 is 10.1 Å². The lowest BCUT2D eigenvalue weighted by Gasteiger charge is -2.25. The number of amides is 1. The number of carbonyl (C=O) groups is 2. The first kappa shape index (κ1) is 20.0. The first-order valence-electron chi connectivity index (χ1n) is 8.74. The van der Waals surface area contributed by atoms with Crippen molar-refractivity contribution >= 4 is 12.1 Å². The van der Waals surface area contributed by atoms with E-state index < -0.39 is 29.8 Å². The van der Waals surface area contributed by atoms with E-state index in [2.05, 4.69) is 5.32 Å². The third-order valence-electron chi connectivity index (χ3n) is 3.66. The lowest BCUT2D eigenvalue weighted by atomic mass is 10.1. The maximum absolute atomic E-state index is 12.4. The second-order valence-electron chi connectivity index (χ2n) is 7.17. The van der Waals surface area contributed by atoms with Crippen molar-refractivity contribution in [1.82, 2.24) is 5.32 Å². The van der Waals surface area contributed by atoms with Gasteiger partial charge in [0.05, 0.1) is 13.2 Å². The van der Waals surface area contributed by atoms with Gasteiger partial charge in [-0.25, -0.2) is 9.59 Å². The predicted octanol–water partition coefficient (Wildman–Crippen LogP) is 2.68. The molecule has 1 heterocycles. The van der Waals surface area contributed by atoms with Gasteiger partial charge in [-0.15, -0.1) is 0 Å². The molecule has 1 aliphatic heterocycles. The molecule has 0 spiro atoms. The van der Waals surface area contributed by atoms with Crippen LogP contribution in [0.4, 0.5) is 4.79 Å². The van der Waals surface area contributed by atoms with Crippen LogP contribution in [0.1, 0.15) is 34.1 Å². The summed E-state index contributed by atoms with van der Waals surface area (Å²) in [5, 5.41) is 2.50. The number of cyclic esters (lactones) is 1. The zero-order chi connectivity index (χ0) is 19.2. The summed E-state index contributed by atoms with van der Waals surface area (Å²) in [4.78, 5) is 24.3. The number of hydrogen-bond donors (Lipinski definition) is 1.